The molecule has 0 spiro atoms. The lowest BCUT2D eigenvalue weighted by molar-refractivity contribution is 0.102. The maximum atomic E-state index is 12.0. The molecule has 0 saturated heterocycles. The number of rotatable bonds is 5. The normalized spacial score (nSPS) is 10.2. The van der Waals surface area contributed by atoms with Crippen molar-refractivity contribution >= 4 is 11.6 Å². The van der Waals surface area contributed by atoms with E-state index in [0.717, 1.165) is 18.7 Å². The van der Waals surface area contributed by atoms with Gasteiger partial charge in [-0.15, -0.1) is 0 Å². The van der Waals surface area contributed by atoms with Crippen molar-refractivity contribution in [3.63, 3.8) is 0 Å². The van der Waals surface area contributed by atoms with E-state index in [-0.39, 0.29) is 17.2 Å². The number of hydrogen-bond acceptors (Lipinski definition) is 3. The Bertz CT molecular complexity index is 579. The van der Waals surface area contributed by atoms with Crippen LogP contribution in [0.5, 0.6) is 5.75 Å². The van der Waals surface area contributed by atoms with Gasteiger partial charge in [-0.2, -0.15) is 0 Å². The number of carbonyl (C=O) groups excluding carboxylic acids is 1. The topological polar surface area (TPSA) is 61.4 Å². The summed E-state index contributed by atoms with van der Waals surface area (Å²) in [7, 11) is 0. The third-order valence-corrected chi connectivity index (χ3v) is 2.94. The first kappa shape index (κ1) is 14.1. The van der Waals surface area contributed by atoms with Gasteiger partial charge in [0.25, 0.3) is 5.91 Å². The second-order valence-corrected chi connectivity index (χ2v) is 4.45. The Hall–Kier alpha value is -2.33. The minimum absolute atomic E-state index is 0.0197. The summed E-state index contributed by atoms with van der Waals surface area (Å²) in [5.41, 5.74) is 2.13. The van der Waals surface area contributed by atoms with Crippen LogP contribution >= 0.6 is 0 Å². The summed E-state index contributed by atoms with van der Waals surface area (Å²) in [6.45, 7) is 3.79. The molecule has 4 heteroatoms. The second kappa shape index (κ2) is 6.73. The molecular formula is C16H18N2O2. The Morgan fingerprint density at radius 3 is 2.45 bits per heavy atom. The molecule has 0 fully saturated rings. The highest BCUT2D eigenvalue weighted by Crippen LogP contribution is 2.18. The number of amides is 1. The Morgan fingerprint density at radius 2 is 1.80 bits per heavy atom. The molecule has 4 nitrogen and oxygen atoms in total. The van der Waals surface area contributed by atoms with E-state index in [1.54, 1.807) is 18.2 Å². The zero-order chi connectivity index (χ0) is 14.4. The van der Waals surface area contributed by atoms with Crippen LogP contribution in [0.15, 0.2) is 48.5 Å². The molecular weight excluding hydrogens is 252 g/mol. The molecule has 104 valence electrons. The molecule has 0 aliphatic heterocycles. The number of para-hydroxylation sites is 1. The molecule has 0 aromatic heterocycles. The number of anilines is 1. The van der Waals surface area contributed by atoms with Gasteiger partial charge in [-0.05, 0) is 36.4 Å². The molecule has 0 aliphatic carbocycles. The first-order chi connectivity index (χ1) is 9.70. The maximum Gasteiger partial charge on any atom is 0.259 e. The van der Waals surface area contributed by atoms with E-state index in [2.05, 4.69) is 17.6 Å². The van der Waals surface area contributed by atoms with Gasteiger partial charge in [-0.3, -0.25) is 4.79 Å². The SMILES string of the molecule is CCNCc1ccc(NC(=O)c2ccccc2O)cc1. The maximum absolute atomic E-state index is 12.0. The molecule has 0 radical (unpaired) electrons. The van der Waals surface area contributed by atoms with Crippen LogP contribution in [0.4, 0.5) is 5.69 Å². The van der Waals surface area contributed by atoms with E-state index in [9.17, 15) is 9.90 Å². The molecule has 0 saturated carbocycles. The predicted molar refractivity (Wildman–Crippen MR) is 79.9 cm³/mol. The van der Waals surface area contributed by atoms with Gasteiger partial charge in [0.2, 0.25) is 0 Å². The fourth-order valence-corrected chi connectivity index (χ4v) is 1.84. The van der Waals surface area contributed by atoms with Crippen LogP contribution < -0.4 is 10.6 Å². The standard InChI is InChI=1S/C16H18N2O2/c1-2-17-11-12-7-9-13(10-8-12)18-16(20)14-5-3-4-6-15(14)19/h3-10,17,19H,2,11H2,1H3,(H,18,20). The van der Waals surface area contributed by atoms with E-state index >= 15 is 0 Å². The highest BCUT2D eigenvalue weighted by molar-refractivity contribution is 6.06. The van der Waals surface area contributed by atoms with Crippen molar-refractivity contribution in [2.24, 2.45) is 0 Å². The summed E-state index contributed by atoms with van der Waals surface area (Å²) in [5.74, 6) is -0.337. The Labute approximate surface area is 118 Å². The first-order valence-corrected chi connectivity index (χ1v) is 6.59. The molecule has 2 aromatic carbocycles. The van der Waals surface area contributed by atoms with Gasteiger partial charge >= 0.3 is 0 Å². The lowest BCUT2D eigenvalue weighted by Crippen LogP contribution is -2.13. The van der Waals surface area contributed by atoms with Gasteiger partial charge in [-0.1, -0.05) is 31.2 Å². The first-order valence-electron chi connectivity index (χ1n) is 6.59. The van der Waals surface area contributed by atoms with E-state index in [1.165, 1.54) is 6.07 Å². The zero-order valence-corrected chi connectivity index (χ0v) is 11.4. The van der Waals surface area contributed by atoms with Gasteiger partial charge in [0.1, 0.15) is 5.75 Å². The Balaban J connectivity index is 2.03. The predicted octanol–water partition coefficient (Wildman–Crippen LogP) is 2.75. The number of phenols is 1. The van der Waals surface area contributed by atoms with Crippen LogP contribution in [-0.2, 0) is 6.54 Å². The lowest BCUT2D eigenvalue weighted by atomic mass is 10.1. The molecule has 2 aromatic rings. The number of phenolic OH excluding ortho intramolecular Hbond substituents is 1. The average molecular weight is 270 g/mol. The highest BCUT2D eigenvalue weighted by atomic mass is 16.3. The van der Waals surface area contributed by atoms with Gasteiger partial charge < -0.3 is 15.7 Å². The van der Waals surface area contributed by atoms with Crippen molar-refractivity contribution in [3.8, 4) is 5.75 Å². The van der Waals surface area contributed by atoms with E-state index in [4.69, 9.17) is 0 Å². The van der Waals surface area contributed by atoms with Crippen molar-refractivity contribution in [1.29, 1.82) is 0 Å². The van der Waals surface area contributed by atoms with Gasteiger partial charge in [0.15, 0.2) is 0 Å². The minimum atomic E-state index is -0.317. The van der Waals surface area contributed by atoms with Crippen molar-refractivity contribution < 1.29 is 9.90 Å². The quantitative estimate of drug-likeness (QED) is 0.783. The highest BCUT2D eigenvalue weighted by Gasteiger charge is 2.10. The molecule has 3 N–H and O–H groups in total. The van der Waals surface area contributed by atoms with Crippen molar-refractivity contribution in [2.45, 2.75) is 13.5 Å². The van der Waals surface area contributed by atoms with Crippen LogP contribution in [-0.4, -0.2) is 17.6 Å². The summed E-state index contributed by atoms with van der Waals surface area (Å²) in [6.07, 6.45) is 0. The lowest BCUT2D eigenvalue weighted by Gasteiger charge is -2.08. The number of nitrogens with one attached hydrogen (secondary N) is 2. The summed E-state index contributed by atoms with van der Waals surface area (Å²) in [4.78, 5) is 12.0. The van der Waals surface area contributed by atoms with E-state index < -0.39 is 0 Å². The Morgan fingerprint density at radius 1 is 1.10 bits per heavy atom. The largest absolute Gasteiger partial charge is 0.507 e. The third-order valence-electron chi connectivity index (χ3n) is 2.94. The smallest absolute Gasteiger partial charge is 0.259 e. The fraction of sp³-hybridized carbons (Fsp3) is 0.188. The fourth-order valence-electron chi connectivity index (χ4n) is 1.84. The second-order valence-electron chi connectivity index (χ2n) is 4.45. The van der Waals surface area contributed by atoms with Gasteiger partial charge in [0, 0.05) is 12.2 Å². The summed E-state index contributed by atoms with van der Waals surface area (Å²) < 4.78 is 0. The molecule has 0 atom stereocenters. The zero-order valence-electron chi connectivity index (χ0n) is 11.4. The summed E-state index contributed by atoms with van der Waals surface area (Å²) >= 11 is 0. The van der Waals surface area contributed by atoms with Gasteiger partial charge in [-0.25, -0.2) is 0 Å². The molecule has 0 bridgehead atoms. The summed E-state index contributed by atoms with van der Waals surface area (Å²) in [6, 6.07) is 14.1. The van der Waals surface area contributed by atoms with Crippen LogP contribution in [0.2, 0.25) is 0 Å². The van der Waals surface area contributed by atoms with Crippen LogP contribution in [0.3, 0.4) is 0 Å². The summed E-state index contributed by atoms with van der Waals surface area (Å²) in [5, 5.41) is 15.6. The number of benzene rings is 2. The van der Waals surface area contributed by atoms with Crippen LogP contribution in [0.25, 0.3) is 0 Å². The van der Waals surface area contributed by atoms with Crippen LogP contribution in [0.1, 0.15) is 22.8 Å². The van der Waals surface area contributed by atoms with Crippen LogP contribution in [0, 0.1) is 0 Å². The van der Waals surface area contributed by atoms with Crippen molar-refractivity contribution in [2.75, 3.05) is 11.9 Å². The molecule has 20 heavy (non-hydrogen) atoms. The number of hydrogen-bond donors (Lipinski definition) is 3. The average Bonchev–Trinajstić information content (AvgIpc) is 2.47. The molecule has 0 unspecified atom stereocenters. The van der Waals surface area contributed by atoms with Gasteiger partial charge in [0.05, 0.1) is 5.56 Å². The Kier molecular flexibility index (Phi) is 4.74. The number of carbonyl (C=O) groups is 1. The third kappa shape index (κ3) is 3.59. The molecule has 0 heterocycles. The molecule has 1 amide bonds. The van der Waals surface area contributed by atoms with Crippen molar-refractivity contribution in [1.82, 2.24) is 5.32 Å². The monoisotopic (exact) mass is 270 g/mol. The molecule has 2 rings (SSSR count). The van der Waals surface area contributed by atoms with E-state index in [0.29, 0.717) is 5.69 Å². The minimum Gasteiger partial charge on any atom is -0.507 e. The molecule has 0 aliphatic rings. The number of aromatic hydroxyl groups is 1. The van der Waals surface area contributed by atoms with Crippen molar-refractivity contribution in [3.05, 3.63) is 59.7 Å². The van der Waals surface area contributed by atoms with E-state index in [1.807, 2.05) is 24.3 Å².